The monoisotopic (exact) mass is 472 g/mol. The Balaban J connectivity index is 1.64. The van der Waals surface area contributed by atoms with Crippen LogP contribution in [0, 0.1) is 51.2 Å². The molecule has 5 aliphatic carbocycles. The highest BCUT2D eigenvalue weighted by Gasteiger charge is 2.71. The van der Waals surface area contributed by atoms with Gasteiger partial charge in [-0.05, 0) is 91.8 Å². The normalized spacial score (nSPS) is 56.9. The van der Waals surface area contributed by atoms with Crippen molar-refractivity contribution in [1.82, 2.24) is 0 Å². The van der Waals surface area contributed by atoms with E-state index in [0.717, 1.165) is 32.1 Å². The number of allylic oxidation sites excluding steroid dienone is 1. The molecule has 190 valence electrons. The maximum Gasteiger partial charge on any atom is 0.310 e. The molecular weight excluding hydrogens is 428 g/mol. The molecule has 0 bridgehead atoms. The number of rotatable bonds is 1. The van der Waals surface area contributed by atoms with Crippen molar-refractivity contribution in [2.75, 3.05) is 0 Å². The van der Waals surface area contributed by atoms with Gasteiger partial charge in [0.25, 0.3) is 0 Å². The summed E-state index contributed by atoms with van der Waals surface area (Å²) in [5.74, 6) is -0.516. The Kier molecular flexibility index (Phi) is 5.18. The van der Waals surface area contributed by atoms with Crippen LogP contribution in [-0.2, 0) is 9.59 Å². The summed E-state index contributed by atoms with van der Waals surface area (Å²) in [6.45, 7) is 13.0. The molecule has 34 heavy (non-hydrogen) atoms. The summed E-state index contributed by atoms with van der Waals surface area (Å²) in [4.78, 5) is 25.7. The van der Waals surface area contributed by atoms with E-state index in [0.29, 0.717) is 31.1 Å². The standard InChI is InChI=1S/C29H44O5/c1-16-9-12-29(24(32)33)14-13-26(4)19(23(29)28(16,6)34)7-8-21-25(3)15-20(30)22(31)17(2)18(25)10-11-27(21,26)5/h7,16-18,21-23,31,34H,8-15H2,1-6H3,(H,32,33). The first-order valence-corrected chi connectivity index (χ1v) is 13.5. The molecule has 5 heteroatoms. The number of carboxylic acids is 1. The van der Waals surface area contributed by atoms with Crippen LogP contribution < -0.4 is 0 Å². The molecule has 0 aromatic heterocycles. The second-order valence-corrected chi connectivity index (χ2v) is 13.9. The molecule has 4 fully saturated rings. The number of fused-ring (bicyclic) bond motifs is 7. The molecule has 0 saturated heterocycles. The van der Waals surface area contributed by atoms with Gasteiger partial charge in [0.2, 0.25) is 0 Å². The van der Waals surface area contributed by atoms with Crippen molar-refractivity contribution in [2.45, 2.75) is 105 Å². The molecule has 0 aromatic carbocycles. The Morgan fingerprint density at radius 1 is 1.03 bits per heavy atom. The summed E-state index contributed by atoms with van der Waals surface area (Å²) in [5, 5.41) is 32.9. The minimum atomic E-state index is -1.06. The summed E-state index contributed by atoms with van der Waals surface area (Å²) < 4.78 is 0. The third-order valence-corrected chi connectivity index (χ3v) is 12.8. The molecule has 0 aliphatic heterocycles. The number of Topliss-reactive ketones (excluding diaryl/α,β-unsaturated/α-hetero) is 1. The number of hydrogen-bond donors (Lipinski definition) is 3. The first kappa shape index (κ1) is 24.5. The highest BCUT2D eigenvalue weighted by atomic mass is 16.4. The number of aliphatic carboxylic acids is 1. The van der Waals surface area contributed by atoms with Crippen LogP contribution in [0.3, 0.4) is 0 Å². The van der Waals surface area contributed by atoms with E-state index in [1.165, 1.54) is 5.57 Å². The van der Waals surface area contributed by atoms with Gasteiger partial charge in [-0.2, -0.15) is 0 Å². The third-order valence-electron chi connectivity index (χ3n) is 12.8. The number of carbonyl (C=O) groups is 2. The van der Waals surface area contributed by atoms with Crippen LogP contribution in [0.1, 0.15) is 92.9 Å². The zero-order chi connectivity index (χ0) is 25.1. The van der Waals surface area contributed by atoms with Crippen LogP contribution >= 0.6 is 0 Å². The summed E-state index contributed by atoms with van der Waals surface area (Å²) in [6.07, 6.45) is 7.48. The number of hydrogen-bond acceptors (Lipinski definition) is 4. The molecular formula is C29H44O5. The van der Waals surface area contributed by atoms with Crippen molar-refractivity contribution in [3.8, 4) is 0 Å². The molecule has 0 amide bonds. The summed E-state index contributed by atoms with van der Waals surface area (Å²) in [7, 11) is 0. The molecule has 0 aromatic rings. The lowest BCUT2D eigenvalue weighted by Gasteiger charge is -2.70. The lowest BCUT2D eigenvalue weighted by molar-refractivity contribution is -0.206. The van der Waals surface area contributed by atoms with Crippen molar-refractivity contribution in [3.05, 3.63) is 11.6 Å². The van der Waals surface area contributed by atoms with Crippen molar-refractivity contribution in [1.29, 1.82) is 0 Å². The molecule has 5 aliphatic rings. The van der Waals surface area contributed by atoms with Gasteiger partial charge in [-0.1, -0.05) is 46.3 Å². The zero-order valence-electron chi connectivity index (χ0n) is 21.9. The average Bonchev–Trinajstić information content (AvgIpc) is 2.75. The molecule has 4 saturated carbocycles. The van der Waals surface area contributed by atoms with Gasteiger partial charge < -0.3 is 15.3 Å². The molecule has 3 N–H and O–H groups in total. The molecule has 0 radical (unpaired) electrons. The lowest BCUT2D eigenvalue weighted by atomic mass is 9.34. The van der Waals surface area contributed by atoms with Crippen LogP contribution in [0.5, 0.6) is 0 Å². The van der Waals surface area contributed by atoms with E-state index in [4.69, 9.17) is 0 Å². The van der Waals surface area contributed by atoms with E-state index < -0.39 is 23.1 Å². The maximum atomic E-state index is 12.9. The number of carbonyl (C=O) groups excluding carboxylic acids is 1. The van der Waals surface area contributed by atoms with Gasteiger partial charge >= 0.3 is 5.97 Å². The highest BCUT2D eigenvalue weighted by Crippen LogP contribution is 2.75. The number of aliphatic hydroxyl groups is 2. The Morgan fingerprint density at radius 2 is 1.71 bits per heavy atom. The van der Waals surface area contributed by atoms with Gasteiger partial charge in [-0.25, -0.2) is 0 Å². The first-order valence-electron chi connectivity index (χ1n) is 13.5. The molecule has 5 nitrogen and oxygen atoms in total. The minimum absolute atomic E-state index is 0.0204. The number of ketones is 1. The fourth-order valence-electron chi connectivity index (χ4n) is 10.4. The van der Waals surface area contributed by atoms with Crippen molar-refractivity contribution in [2.24, 2.45) is 51.2 Å². The van der Waals surface area contributed by atoms with Crippen molar-refractivity contribution >= 4 is 11.8 Å². The van der Waals surface area contributed by atoms with Gasteiger partial charge in [0.05, 0.1) is 11.0 Å². The minimum Gasteiger partial charge on any atom is -0.481 e. The van der Waals surface area contributed by atoms with Gasteiger partial charge in [0, 0.05) is 12.3 Å². The van der Waals surface area contributed by atoms with E-state index >= 15 is 0 Å². The van der Waals surface area contributed by atoms with E-state index in [1.807, 2.05) is 13.8 Å². The smallest absolute Gasteiger partial charge is 0.310 e. The fraction of sp³-hybridized carbons (Fsp3) is 0.862. The quantitative estimate of drug-likeness (QED) is 0.467. The highest BCUT2D eigenvalue weighted by molar-refractivity contribution is 5.85. The number of carboxylic acid groups (broad SMARTS) is 1. The van der Waals surface area contributed by atoms with Crippen LogP contribution in [0.25, 0.3) is 0 Å². The summed E-state index contributed by atoms with van der Waals surface area (Å²) >= 11 is 0. The second-order valence-electron chi connectivity index (χ2n) is 13.9. The fourth-order valence-corrected chi connectivity index (χ4v) is 10.4. The largest absolute Gasteiger partial charge is 0.481 e. The van der Waals surface area contributed by atoms with Crippen LogP contribution in [0.4, 0.5) is 0 Å². The molecule has 0 heterocycles. The summed E-state index contributed by atoms with van der Waals surface area (Å²) in [6, 6.07) is 0. The predicted molar refractivity (Wildman–Crippen MR) is 130 cm³/mol. The molecule has 0 spiro atoms. The van der Waals surface area contributed by atoms with Gasteiger partial charge in [0.15, 0.2) is 5.78 Å². The van der Waals surface area contributed by atoms with Crippen LogP contribution in [-0.4, -0.2) is 38.8 Å². The van der Waals surface area contributed by atoms with Crippen molar-refractivity contribution in [3.63, 3.8) is 0 Å². The third kappa shape index (κ3) is 2.69. The molecule has 11 atom stereocenters. The van der Waals surface area contributed by atoms with Gasteiger partial charge in [0.1, 0.15) is 6.10 Å². The molecule has 5 rings (SSSR count). The van der Waals surface area contributed by atoms with Gasteiger partial charge in [-0.15, -0.1) is 0 Å². The Hall–Kier alpha value is -1.20. The Bertz CT molecular complexity index is 952. The maximum absolute atomic E-state index is 12.9. The first-order chi connectivity index (χ1) is 15.7. The Labute approximate surface area is 204 Å². The van der Waals surface area contributed by atoms with Crippen LogP contribution in [0.15, 0.2) is 11.6 Å². The second kappa shape index (κ2) is 7.18. The topological polar surface area (TPSA) is 94.8 Å². The average molecular weight is 473 g/mol. The zero-order valence-corrected chi connectivity index (χ0v) is 21.9. The van der Waals surface area contributed by atoms with E-state index in [-0.39, 0.29) is 39.8 Å². The SMILES string of the molecule is CC1C(O)C(=O)CC2(C)C1CCC1(C)C2CC=C2C3C(C(=O)O)(CCC(C)C3(C)O)CCC21C. The van der Waals surface area contributed by atoms with E-state index in [1.54, 1.807) is 0 Å². The number of aliphatic hydroxyl groups excluding tert-OH is 1. The lowest BCUT2D eigenvalue weighted by Crippen LogP contribution is -2.67. The van der Waals surface area contributed by atoms with E-state index in [9.17, 15) is 24.9 Å². The predicted octanol–water partition coefficient (Wildman–Crippen LogP) is 4.99. The Morgan fingerprint density at radius 3 is 2.35 bits per heavy atom. The van der Waals surface area contributed by atoms with E-state index in [2.05, 4.69) is 33.8 Å². The van der Waals surface area contributed by atoms with Gasteiger partial charge in [-0.3, -0.25) is 9.59 Å². The van der Waals surface area contributed by atoms with Crippen LogP contribution in [0.2, 0.25) is 0 Å². The van der Waals surface area contributed by atoms with Crippen molar-refractivity contribution < 1.29 is 24.9 Å². The summed E-state index contributed by atoms with van der Waals surface area (Å²) in [5.41, 5.74) is -1.24. The molecule has 11 unspecified atom stereocenters.